The highest BCUT2D eigenvalue weighted by molar-refractivity contribution is 9.10. The van der Waals surface area contributed by atoms with Gasteiger partial charge in [-0.2, -0.15) is 5.10 Å². The largest absolute Gasteiger partial charge is 0.488 e. The minimum Gasteiger partial charge on any atom is -0.488 e. The number of rotatable bonds is 9. The van der Waals surface area contributed by atoms with Gasteiger partial charge in [-0.15, -0.1) is 0 Å². The Morgan fingerprint density at radius 3 is 2.41 bits per heavy atom. The van der Waals surface area contributed by atoms with Crippen LogP contribution < -0.4 is 15.5 Å². The number of amides is 2. The van der Waals surface area contributed by atoms with Crippen LogP contribution in [0.1, 0.15) is 24.0 Å². The molecule has 0 saturated carbocycles. The molecule has 2 N–H and O–H groups in total. The molecule has 176 valence electrons. The Labute approximate surface area is 214 Å². The summed E-state index contributed by atoms with van der Waals surface area (Å²) >= 11 is 15.4. The molecule has 0 fully saturated rings. The van der Waals surface area contributed by atoms with E-state index in [2.05, 4.69) is 31.8 Å². The standard InChI is InChI=1S/C24H19BrCl2FN3O3/c25-19-11-15(2-8-22(19)34-14-16-1-7-20(26)21(27)12-16)13-29-31-24(33)10-9-23(32)30-18-5-3-17(28)4-6-18/h1-8,11-13H,9-10,14H2,(H,30,32)(H,31,33). The van der Waals surface area contributed by atoms with Crippen molar-refractivity contribution in [1.82, 2.24) is 5.43 Å². The highest BCUT2D eigenvalue weighted by Gasteiger charge is 2.08. The molecule has 2 amide bonds. The molecule has 0 aliphatic carbocycles. The van der Waals surface area contributed by atoms with E-state index in [1.165, 1.54) is 30.5 Å². The van der Waals surface area contributed by atoms with Crippen LogP contribution in [0.4, 0.5) is 10.1 Å². The first-order chi connectivity index (χ1) is 16.3. The van der Waals surface area contributed by atoms with Gasteiger partial charge < -0.3 is 10.1 Å². The summed E-state index contributed by atoms with van der Waals surface area (Å²) in [5, 5.41) is 7.44. The number of halogens is 4. The average Bonchev–Trinajstić information content (AvgIpc) is 2.81. The van der Waals surface area contributed by atoms with Crippen molar-refractivity contribution in [2.45, 2.75) is 19.4 Å². The van der Waals surface area contributed by atoms with E-state index in [4.69, 9.17) is 27.9 Å². The van der Waals surface area contributed by atoms with Crippen LogP contribution in [0, 0.1) is 5.82 Å². The molecule has 0 atom stereocenters. The van der Waals surface area contributed by atoms with Crippen LogP contribution in [0.3, 0.4) is 0 Å². The van der Waals surface area contributed by atoms with Gasteiger partial charge in [-0.25, -0.2) is 9.82 Å². The number of benzene rings is 3. The van der Waals surface area contributed by atoms with E-state index in [1.807, 2.05) is 6.07 Å². The van der Waals surface area contributed by atoms with Gasteiger partial charge in [0.2, 0.25) is 11.8 Å². The van der Waals surface area contributed by atoms with Gasteiger partial charge in [-0.1, -0.05) is 29.3 Å². The van der Waals surface area contributed by atoms with Crippen molar-refractivity contribution < 1.29 is 18.7 Å². The first-order valence-electron chi connectivity index (χ1n) is 10.0. The highest BCUT2D eigenvalue weighted by Crippen LogP contribution is 2.28. The molecular weight excluding hydrogens is 548 g/mol. The number of carbonyl (C=O) groups is 2. The van der Waals surface area contributed by atoms with Gasteiger partial charge in [-0.05, 0) is 81.7 Å². The summed E-state index contributed by atoms with van der Waals surface area (Å²) in [5.74, 6) is -0.538. The third-order valence-electron chi connectivity index (χ3n) is 4.44. The van der Waals surface area contributed by atoms with Gasteiger partial charge in [0.15, 0.2) is 0 Å². The molecule has 0 bridgehead atoms. The zero-order chi connectivity index (χ0) is 24.5. The smallest absolute Gasteiger partial charge is 0.240 e. The van der Waals surface area contributed by atoms with E-state index < -0.39 is 11.7 Å². The average molecular weight is 567 g/mol. The lowest BCUT2D eigenvalue weighted by molar-refractivity contribution is -0.124. The molecule has 0 aromatic heterocycles. The number of nitrogens with one attached hydrogen (secondary N) is 2. The fourth-order valence-corrected chi connectivity index (χ4v) is 3.56. The third-order valence-corrected chi connectivity index (χ3v) is 5.80. The topological polar surface area (TPSA) is 79.8 Å². The lowest BCUT2D eigenvalue weighted by Gasteiger charge is -2.09. The fraction of sp³-hybridized carbons (Fsp3) is 0.125. The van der Waals surface area contributed by atoms with Crippen LogP contribution in [-0.4, -0.2) is 18.0 Å². The molecule has 0 aliphatic heterocycles. The lowest BCUT2D eigenvalue weighted by Crippen LogP contribution is -2.20. The zero-order valence-electron chi connectivity index (χ0n) is 17.7. The zero-order valence-corrected chi connectivity index (χ0v) is 20.8. The van der Waals surface area contributed by atoms with Gasteiger partial charge in [-0.3, -0.25) is 9.59 Å². The molecule has 0 saturated heterocycles. The number of hydrogen-bond donors (Lipinski definition) is 2. The lowest BCUT2D eigenvalue weighted by atomic mass is 10.2. The molecule has 34 heavy (non-hydrogen) atoms. The van der Waals surface area contributed by atoms with E-state index in [9.17, 15) is 14.0 Å². The predicted molar refractivity (Wildman–Crippen MR) is 135 cm³/mol. The van der Waals surface area contributed by atoms with Crippen LogP contribution in [0.5, 0.6) is 5.75 Å². The van der Waals surface area contributed by atoms with Crippen LogP contribution in [0.15, 0.2) is 70.2 Å². The van der Waals surface area contributed by atoms with Crippen LogP contribution >= 0.6 is 39.1 Å². The molecular formula is C24H19BrCl2FN3O3. The molecule has 0 aliphatic rings. The van der Waals surface area contributed by atoms with Crippen LogP contribution in [0.25, 0.3) is 0 Å². The summed E-state index contributed by atoms with van der Waals surface area (Å²) in [4.78, 5) is 23.8. The molecule has 3 aromatic carbocycles. The molecule has 0 heterocycles. The molecule has 6 nitrogen and oxygen atoms in total. The van der Waals surface area contributed by atoms with E-state index in [1.54, 1.807) is 30.3 Å². The minimum absolute atomic E-state index is 0.0326. The monoisotopic (exact) mass is 565 g/mol. The Bertz CT molecular complexity index is 1210. The first-order valence-corrected chi connectivity index (χ1v) is 11.6. The van der Waals surface area contributed by atoms with Gasteiger partial charge in [0.1, 0.15) is 18.2 Å². The van der Waals surface area contributed by atoms with Gasteiger partial charge >= 0.3 is 0 Å². The molecule has 0 radical (unpaired) electrons. The molecule has 3 aromatic rings. The molecule has 10 heteroatoms. The van der Waals surface area contributed by atoms with Crippen molar-refractivity contribution in [2.24, 2.45) is 5.10 Å². The number of hydrogen-bond acceptors (Lipinski definition) is 4. The Balaban J connectivity index is 1.43. The second-order valence-corrected chi connectivity index (χ2v) is 8.74. The van der Waals surface area contributed by atoms with Crippen molar-refractivity contribution in [2.75, 3.05) is 5.32 Å². The second kappa shape index (κ2) is 12.5. The molecule has 3 rings (SSSR count). The Kier molecular flexibility index (Phi) is 9.44. The van der Waals surface area contributed by atoms with E-state index in [0.717, 1.165) is 11.1 Å². The summed E-state index contributed by atoms with van der Waals surface area (Å²) in [5.41, 5.74) is 4.44. The number of ether oxygens (including phenoxy) is 1. The number of hydrazone groups is 1. The third kappa shape index (κ3) is 8.13. The Morgan fingerprint density at radius 2 is 1.71 bits per heavy atom. The number of anilines is 1. The van der Waals surface area contributed by atoms with Gasteiger partial charge in [0.05, 0.1) is 20.7 Å². The van der Waals surface area contributed by atoms with Crippen molar-refractivity contribution in [3.63, 3.8) is 0 Å². The molecule has 0 unspecified atom stereocenters. The van der Waals surface area contributed by atoms with E-state index in [0.29, 0.717) is 32.6 Å². The maximum Gasteiger partial charge on any atom is 0.240 e. The second-order valence-electron chi connectivity index (χ2n) is 7.08. The maximum absolute atomic E-state index is 12.9. The molecule has 0 spiro atoms. The van der Waals surface area contributed by atoms with Crippen molar-refractivity contribution in [1.29, 1.82) is 0 Å². The van der Waals surface area contributed by atoms with Crippen molar-refractivity contribution >= 4 is 62.8 Å². The maximum atomic E-state index is 12.9. The predicted octanol–water partition coefficient (Wildman–Crippen LogP) is 6.34. The van der Waals surface area contributed by atoms with Crippen molar-refractivity contribution in [3.05, 3.63) is 92.1 Å². The summed E-state index contributed by atoms with van der Waals surface area (Å²) in [7, 11) is 0. The van der Waals surface area contributed by atoms with E-state index in [-0.39, 0.29) is 18.7 Å². The van der Waals surface area contributed by atoms with Gasteiger partial charge in [0, 0.05) is 18.5 Å². The fourth-order valence-electron chi connectivity index (χ4n) is 2.72. The summed E-state index contributed by atoms with van der Waals surface area (Å²) in [6.07, 6.45) is 1.40. The van der Waals surface area contributed by atoms with Crippen molar-refractivity contribution in [3.8, 4) is 5.75 Å². The number of carbonyl (C=O) groups excluding carboxylic acids is 2. The summed E-state index contributed by atoms with van der Waals surface area (Å²) < 4.78 is 19.4. The minimum atomic E-state index is -0.411. The quantitative estimate of drug-likeness (QED) is 0.234. The first kappa shape index (κ1) is 25.7. The SMILES string of the molecule is O=C(CCC(=O)Nc1ccc(F)cc1)NN=Cc1ccc(OCc2ccc(Cl)c(Cl)c2)c(Br)c1. The van der Waals surface area contributed by atoms with Gasteiger partial charge in [0.25, 0.3) is 0 Å². The summed E-state index contributed by atoms with van der Waals surface area (Å²) in [6, 6.07) is 16.0. The van der Waals surface area contributed by atoms with Crippen LogP contribution in [0.2, 0.25) is 10.0 Å². The normalized spacial score (nSPS) is 10.8. The Hall–Kier alpha value is -2.94. The number of nitrogens with zero attached hydrogens (tertiary/aromatic N) is 1. The van der Waals surface area contributed by atoms with E-state index >= 15 is 0 Å². The van der Waals surface area contributed by atoms with Crippen LogP contribution in [-0.2, 0) is 16.2 Å². The summed E-state index contributed by atoms with van der Waals surface area (Å²) in [6.45, 7) is 0.313. The Morgan fingerprint density at radius 1 is 0.971 bits per heavy atom. The highest BCUT2D eigenvalue weighted by atomic mass is 79.9.